The van der Waals surface area contributed by atoms with Crippen LogP contribution in [0.3, 0.4) is 0 Å². The van der Waals surface area contributed by atoms with Crippen LogP contribution in [0.2, 0.25) is 0 Å². The van der Waals surface area contributed by atoms with Crippen molar-refractivity contribution in [3.05, 3.63) is 0 Å². The van der Waals surface area contributed by atoms with Gasteiger partial charge in [0.25, 0.3) is 0 Å². The van der Waals surface area contributed by atoms with Gasteiger partial charge in [0.05, 0.1) is 0 Å². The van der Waals surface area contributed by atoms with E-state index in [0.29, 0.717) is 0 Å². The van der Waals surface area contributed by atoms with E-state index in [0.717, 1.165) is 32.7 Å². The van der Waals surface area contributed by atoms with Crippen molar-refractivity contribution >= 4 is 5.91 Å². The van der Waals surface area contributed by atoms with E-state index >= 15 is 0 Å². The Morgan fingerprint density at radius 2 is 1.33 bits per heavy atom. The van der Waals surface area contributed by atoms with Crippen molar-refractivity contribution in [1.82, 2.24) is 14.7 Å². The summed E-state index contributed by atoms with van der Waals surface area (Å²) >= 11 is 0. The molecule has 0 aromatic carbocycles. The molecule has 4 nitrogen and oxygen atoms in total. The predicted octanol–water partition coefficient (Wildman–Crippen LogP) is 1.37. The van der Waals surface area contributed by atoms with Gasteiger partial charge in [-0.05, 0) is 27.1 Å². The number of rotatable bonds is 9. The van der Waals surface area contributed by atoms with Crippen molar-refractivity contribution in [2.24, 2.45) is 5.92 Å². The van der Waals surface area contributed by atoms with E-state index in [1.807, 2.05) is 25.8 Å². The molecule has 0 aliphatic heterocycles. The maximum absolute atomic E-state index is 11.7. The second-order valence-electron chi connectivity index (χ2n) is 5.52. The van der Waals surface area contributed by atoms with Gasteiger partial charge in [-0.25, -0.2) is 0 Å². The lowest BCUT2D eigenvalue weighted by atomic mass is 10.2. The molecule has 0 aromatic rings. The maximum Gasteiger partial charge on any atom is 0.224 e. The first kappa shape index (κ1) is 17.4. The van der Waals surface area contributed by atoms with Crippen LogP contribution < -0.4 is 0 Å². The van der Waals surface area contributed by atoms with Gasteiger partial charge in [-0.3, -0.25) is 4.79 Å². The summed E-state index contributed by atoms with van der Waals surface area (Å²) in [7, 11) is 6.17. The van der Waals surface area contributed by atoms with Crippen molar-refractivity contribution < 1.29 is 4.79 Å². The van der Waals surface area contributed by atoms with Crippen LogP contribution in [0, 0.1) is 5.92 Å². The number of nitrogens with zero attached hydrogens (tertiary/aromatic N) is 3. The van der Waals surface area contributed by atoms with Crippen LogP contribution >= 0.6 is 0 Å². The molecule has 0 radical (unpaired) electrons. The van der Waals surface area contributed by atoms with Gasteiger partial charge in [-0.15, -0.1) is 0 Å². The summed E-state index contributed by atoms with van der Waals surface area (Å²) in [6, 6.07) is 0. The highest BCUT2D eigenvalue weighted by Crippen LogP contribution is 1.99. The van der Waals surface area contributed by atoms with Crippen LogP contribution in [0.5, 0.6) is 0 Å². The summed E-state index contributed by atoms with van der Waals surface area (Å²) in [5.41, 5.74) is 0. The maximum atomic E-state index is 11.7. The van der Waals surface area contributed by atoms with Crippen molar-refractivity contribution in [2.45, 2.75) is 27.2 Å². The molecule has 0 bridgehead atoms. The molecule has 0 fully saturated rings. The van der Waals surface area contributed by atoms with E-state index in [4.69, 9.17) is 0 Å². The fourth-order valence-electron chi connectivity index (χ4n) is 1.82. The van der Waals surface area contributed by atoms with Crippen LogP contribution in [-0.2, 0) is 4.79 Å². The van der Waals surface area contributed by atoms with Crippen molar-refractivity contribution in [1.29, 1.82) is 0 Å². The molecule has 18 heavy (non-hydrogen) atoms. The SMILES string of the molecule is CCCN(C)CCN(C)CCN(C)C(=O)C(C)C. The minimum absolute atomic E-state index is 0.0935. The van der Waals surface area contributed by atoms with Crippen LogP contribution in [0.4, 0.5) is 0 Å². The van der Waals surface area contributed by atoms with E-state index in [9.17, 15) is 4.79 Å². The molecule has 0 aliphatic carbocycles. The van der Waals surface area contributed by atoms with E-state index in [-0.39, 0.29) is 11.8 Å². The minimum atomic E-state index is 0.0935. The lowest BCUT2D eigenvalue weighted by Crippen LogP contribution is -2.39. The molecule has 0 saturated heterocycles. The molecule has 0 saturated carbocycles. The van der Waals surface area contributed by atoms with Gasteiger partial charge >= 0.3 is 0 Å². The first-order chi connectivity index (χ1) is 8.38. The van der Waals surface area contributed by atoms with Crippen LogP contribution in [0.15, 0.2) is 0 Å². The summed E-state index contributed by atoms with van der Waals surface area (Å²) in [6.45, 7) is 11.1. The minimum Gasteiger partial charge on any atom is -0.344 e. The smallest absolute Gasteiger partial charge is 0.224 e. The number of amides is 1. The highest BCUT2D eigenvalue weighted by molar-refractivity contribution is 5.77. The standard InChI is InChI=1S/C14H31N3O/c1-7-8-15(4)9-10-16(5)11-12-17(6)14(18)13(2)3/h13H,7-12H2,1-6H3. The van der Waals surface area contributed by atoms with Crippen LogP contribution in [0.25, 0.3) is 0 Å². The number of hydrogen-bond donors (Lipinski definition) is 0. The first-order valence-electron chi connectivity index (χ1n) is 7.00. The zero-order chi connectivity index (χ0) is 14.1. The zero-order valence-electron chi connectivity index (χ0n) is 13.1. The molecule has 0 N–H and O–H groups in total. The third-order valence-electron chi connectivity index (χ3n) is 3.16. The molecule has 0 aromatic heterocycles. The monoisotopic (exact) mass is 257 g/mol. The third-order valence-corrected chi connectivity index (χ3v) is 3.16. The molecule has 0 heterocycles. The second-order valence-corrected chi connectivity index (χ2v) is 5.52. The van der Waals surface area contributed by atoms with Gasteiger partial charge in [-0.2, -0.15) is 0 Å². The average Bonchev–Trinajstić information content (AvgIpc) is 2.32. The fraction of sp³-hybridized carbons (Fsp3) is 0.929. The lowest BCUT2D eigenvalue weighted by Gasteiger charge is -2.25. The lowest BCUT2D eigenvalue weighted by molar-refractivity contribution is -0.133. The summed E-state index contributed by atoms with van der Waals surface area (Å²) in [6.07, 6.45) is 1.20. The molecule has 0 aliphatic rings. The summed E-state index contributed by atoms with van der Waals surface area (Å²) in [4.78, 5) is 18.2. The number of carbonyl (C=O) groups is 1. The molecular formula is C14H31N3O. The van der Waals surface area contributed by atoms with Crippen LogP contribution in [-0.4, -0.2) is 74.5 Å². The van der Waals surface area contributed by atoms with Crippen molar-refractivity contribution in [3.63, 3.8) is 0 Å². The molecular weight excluding hydrogens is 226 g/mol. The molecule has 0 spiro atoms. The Morgan fingerprint density at radius 3 is 1.78 bits per heavy atom. The summed E-state index contributed by atoms with van der Waals surface area (Å²) < 4.78 is 0. The zero-order valence-corrected chi connectivity index (χ0v) is 13.1. The number of carbonyl (C=O) groups excluding carboxylic acids is 1. The third kappa shape index (κ3) is 7.67. The Morgan fingerprint density at radius 1 is 0.889 bits per heavy atom. The topological polar surface area (TPSA) is 26.8 Å². The van der Waals surface area contributed by atoms with Crippen molar-refractivity contribution in [2.75, 3.05) is 53.9 Å². The molecule has 1 amide bonds. The second kappa shape index (κ2) is 9.34. The normalized spacial score (nSPS) is 11.6. The fourth-order valence-corrected chi connectivity index (χ4v) is 1.82. The van der Waals surface area contributed by atoms with Gasteiger partial charge in [0.2, 0.25) is 5.91 Å². The number of likely N-dealkylation sites (N-methyl/N-ethyl adjacent to an activating group) is 3. The molecule has 4 heteroatoms. The van der Waals surface area contributed by atoms with Gasteiger partial charge < -0.3 is 14.7 Å². The van der Waals surface area contributed by atoms with Gasteiger partial charge in [0.1, 0.15) is 0 Å². The molecule has 0 unspecified atom stereocenters. The first-order valence-corrected chi connectivity index (χ1v) is 7.00. The van der Waals surface area contributed by atoms with Gasteiger partial charge in [0.15, 0.2) is 0 Å². The highest BCUT2D eigenvalue weighted by Gasteiger charge is 2.13. The Balaban J connectivity index is 3.76. The van der Waals surface area contributed by atoms with Gasteiger partial charge in [-0.1, -0.05) is 20.8 Å². The Labute approximate surface area is 113 Å². The summed E-state index contributed by atoms with van der Waals surface area (Å²) in [5.74, 6) is 0.322. The Kier molecular flexibility index (Phi) is 9.02. The van der Waals surface area contributed by atoms with Crippen LogP contribution in [0.1, 0.15) is 27.2 Å². The van der Waals surface area contributed by atoms with E-state index < -0.39 is 0 Å². The molecule has 0 rings (SSSR count). The Bertz CT molecular complexity index is 231. The quantitative estimate of drug-likeness (QED) is 0.624. The molecule has 0 atom stereocenters. The van der Waals surface area contributed by atoms with E-state index in [1.54, 1.807) is 0 Å². The average molecular weight is 257 g/mol. The van der Waals surface area contributed by atoms with Gasteiger partial charge in [0, 0.05) is 39.1 Å². The summed E-state index contributed by atoms with van der Waals surface area (Å²) in [5, 5.41) is 0. The molecule has 108 valence electrons. The Hall–Kier alpha value is -0.610. The predicted molar refractivity (Wildman–Crippen MR) is 77.8 cm³/mol. The van der Waals surface area contributed by atoms with E-state index in [1.165, 1.54) is 6.42 Å². The highest BCUT2D eigenvalue weighted by atomic mass is 16.2. The largest absolute Gasteiger partial charge is 0.344 e. The van der Waals surface area contributed by atoms with E-state index in [2.05, 4.69) is 30.8 Å². The van der Waals surface area contributed by atoms with Crippen molar-refractivity contribution in [3.8, 4) is 0 Å². The number of hydrogen-bond acceptors (Lipinski definition) is 3.